The van der Waals surface area contributed by atoms with Crippen LogP contribution in [0.2, 0.25) is 0 Å². The normalized spacial score (nSPS) is 14.0. The van der Waals surface area contributed by atoms with E-state index >= 15 is 0 Å². The van der Waals surface area contributed by atoms with Gasteiger partial charge in [0.25, 0.3) is 0 Å². The first-order valence-electron chi connectivity index (χ1n) is 3.82. The van der Waals surface area contributed by atoms with Gasteiger partial charge < -0.3 is 5.11 Å². The summed E-state index contributed by atoms with van der Waals surface area (Å²) in [6, 6.07) is 0. The molecule has 0 aliphatic rings. The molecule has 0 saturated heterocycles. The van der Waals surface area contributed by atoms with Gasteiger partial charge in [0.15, 0.2) is 0 Å². The number of aliphatic hydroxyl groups excluding tert-OH is 1. The van der Waals surface area contributed by atoms with Crippen LogP contribution < -0.4 is 0 Å². The molecule has 0 aromatic rings. The SMILES string of the molecule is OC=CC(Cl)CCCCCCl. The number of halogens is 2. The number of aliphatic hydroxyl groups is 1. The van der Waals surface area contributed by atoms with Crippen LogP contribution in [0.15, 0.2) is 12.3 Å². The summed E-state index contributed by atoms with van der Waals surface area (Å²) >= 11 is 11.3. The second-order valence-electron chi connectivity index (χ2n) is 2.40. The molecule has 0 fully saturated rings. The molecule has 66 valence electrons. The molecule has 0 aromatic carbocycles. The molecule has 0 aliphatic heterocycles. The topological polar surface area (TPSA) is 20.2 Å². The van der Waals surface area contributed by atoms with Crippen molar-refractivity contribution in [2.24, 2.45) is 0 Å². The van der Waals surface area contributed by atoms with E-state index in [1.165, 1.54) is 0 Å². The summed E-state index contributed by atoms with van der Waals surface area (Å²) in [5.41, 5.74) is 0. The first-order chi connectivity index (χ1) is 5.31. The highest BCUT2D eigenvalue weighted by Crippen LogP contribution is 2.10. The minimum Gasteiger partial charge on any atom is -0.516 e. The highest BCUT2D eigenvalue weighted by atomic mass is 35.5. The zero-order valence-electron chi connectivity index (χ0n) is 6.47. The van der Waals surface area contributed by atoms with Crippen LogP contribution >= 0.6 is 23.2 Å². The first-order valence-corrected chi connectivity index (χ1v) is 4.79. The molecular weight excluding hydrogens is 183 g/mol. The Kier molecular flexibility index (Phi) is 8.31. The molecule has 0 heterocycles. The molecule has 3 heteroatoms. The van der Waals surface area contributed by atoms with Crippen LogP contribution in [0.5, 0.6) is 0 Å². The molecule has 1 nitrogen and oxygen atoms in total. The van der Waals surface area contributed by atoms with E-state index < -0.39 is 0 Å². The minimum atomic E-state index is -0.0321. The molecule has 0 spiro atoms. The third-order valence-electron chi connectivity index (χ3n) is 1.41. The zero-order chi connectivity index (χ0) is 8.53. The van der Waals surface area contributed by atoms with E-state index in [1.807, 2.05) is 0 Å². The van der Waals surface area contributed by atoms with Crippen molar-refractivity contribution in [2.45, 2.75) is 31.1 Å². The van der Waals surface area contributed by atoms with Crippen LogP contribution in [0.3, 0.4) is 0 Å². The van der Waals surface area contributed by atoms with Crippen LogP contribution in [-0.4, -0.2) is 16.4 Å². The number of hydrogen-bond acceptors (Lipinski definition) is 1. The molecule has 0 saturated carbocycles. The summed E-state index contributed by atoms with van der Waals surface area (Å²) in [4.78, 5) is 0. The van der Waals surface area contributed by atoms with Crippen molar-refractivity contribution >= 4 is 23.2 Å². The van der Waals surface area contributed by atoms with Crippen LogP contribution in [0.25, 0.3) is 0 Å². The van der Waals surface area contributed by atoms with E-state index in [0.717, 1.165) is 37.8 Å². The van der Waals surface area contributed by atoms with Gasteiger partial charge in [0.05, 0.1) is 11.6 Å². The quantitative estimate of drug-likeness (QED) is 0.392. The van der Waals surface area contributed by atoms with Gasteiger partial charge in [0.1, 0.15) is 0 Å². The van der Waals surface area contributed by atoms with Crippen molar-refractivity contribution in [3.63, 3.8) is 0 Å². The van der Waals surface area contributed by atoms with Gasteiger partial charge in [-0.2, -0.15) is 0 Å². The van der Waals surface area contributed by atoms with Gasteiger partial charge in [-0.1, -0.05) is 12.8 Å². The monoisotopic (exact) mass is 196 g/mol. The van der Waals surface area contributed by atoms with Gasteiger partial charge in [0.2, 0.25) is 0 Å². The Labute approximate surface area is 78.0 Å². The van der Waals surface area contributed by atoms with E-state index in [1.54, 1.807) is 6.08 Å². The average molecular weight is 197 g/mol. The van der Waals surface area contributed by atoms with Crippen molar-refractivity contribution in [2.75, 3.05) is 5.88 Å². The third-order valence-corrected chi connectivity index (χ3v) is 2.04. The molecule has 1 N–H and O–H groups in total. The molecule has 0 aromatic heterocycles. The molecule has 0 bridgehead atoms. The number of alkyl halides is 2. The fraction of sp³-hybridized carbons (Fsp3) is 0.750. The maximum atomic E-state index is 8.35. The van der Waals surface area contributed by atoms with Gasteiger partial charge in [-0.25, -0.2) is 0 Å². The predicted molar refractivity (Wildman–Crippen MR) is 50.6 cm³/mol. The second kappa shape index (κ2) is 8.22. The van der Waals surface area contributed by atoms with Gasteiger partial charge in [0, 0.05) is 5.88 Å². The molecule has 0 aliphatic carbocycles. The molecule has 0 rings (SSSR count). The van der Waals surface area contributed by atoms with Crippen LogP contribution in [-0.2, 0) is 0 Å². The fourth-order valence-corrected chi connectivity index (χ4v) is 1.21. The lowest BCUT2D eigenvalue weighted by atomic mass is 10.1. The maximum Gasteiger partial charge on any atom is 0.0766 e. The van der Waals surface area contributed by atoms with Gasteiger partial charge >= 0.3 is 0 Å². The van der Waals surface area contributed by atoms with Crippen LogP contribution in [0.1, 0.15) is 25.7 Å². The summed E-state index contributed by atoms with van der Waals surface area (Å²) in [5.74, 6) is 0.725. The molecule has 11 heavy (non-hydrogen) atoms. The first kappa shape index (κ1) is 11.1. The van der Waals surface area contributed by atoms with Gasteiger partial charge in [-0.05, 0) is 18.9 Å². The Morgan fingerprint density at radius 2 is 2.00 bits per heavy atom. The smallest absolute Gasteiger partial charge is 0.0766 e. The minimum absolute atomic E-state index is 0.0321. The summed E-state index contributed by atoms with van der Waals surface area (Å²) in [6.45, 7) is 0. The van der Waals surface area contributed by atoms with Crippen molar-refractivity contribution in [3.8, 4) is 0 Å². The second-order valence-corrected chi connectivity index (χ2v) is 3.33. The van der Waals surface area contributed by atoms with E-state index in [2.05, 4.69) is 0 Å². The Morgan fingerprint density at radius 1 is 1.27 bits per heavy atom. The van der Waals surface area contributed by atoms with Gasteiger partial charge in [-0.15, -0.1) is 23.2 Å². The predicted octanol–water partition coefficient (Wildman–Crippen LogP) is 3.46. The van der Waals surface area contributed by atoms with E-state index in [4.69, 9.17) is 28.3 Å². The third kappa shape index (κ3) is 8.02. The lowest BCUT2D eigenvalue weighted by molar-refractivity contribution is 0.470. The summed E-state index contributed by atoms with van der Waals surface area (Å²) in [5, 5.41) is 8.32. The Hall–Kier alpha value is 0.120. The van der Waals surface area contributed by atoms with Crippen LogP contribution in [0, 0.1) is 0 Å². The highest BCUT2D eigenvalue weighted by molar-refractivity contribution is 6.21. The van der Waals surface area contributed by atoms with Crippen molar-refractivity contribution in [1.82, 2.24) is 0 Å². The maximum absolute atomic E-state index is 8.35. The fourth-order valence-electron chi connectivity index (χ4n) is 0.800. The van der Waals surface area contributed by atoms with E-state index in [9.17, 15) is 0 Å². The Morgan fingerprint density at radius 3 is 2.55 bits per heavy atom. The lowest BCUT2D eigenvalue weighted by Gasteiger charge is -2.01. The van der Waals surface area contributed by atoms with E-state index in [-0.39, 0.29) is 5.38 Å². The molecule has 0 amide bonds. The largest absolute Gasteiger partial charge is 0.516 e. The number of unbranched alkanes of at least 4 members (excludes halogenated alkanes) is 2. The molecular formula is C8H14Cl2O. The molecule has 1 atom stereocenters. The lowest BCUT2D eigenvalue weighted by Crippen LogP contribution is -1.93. The number of hydrogen-bond donors (Lipinski definition) is 1. The summed E-state index contributed by atoms with van der Waals surface area (Å²) < 4.78 is 0. The number of allylic oxidation sites excluding steroid dienone is 1. The van der Waals surface area contributed by atoms with Crippen LogP contribution in [0.4, 0.5) is 0 Å². The summed E-state index contributed by atoms with van der Waals surface area (Å²) in [7, 11) is 0. The van der Waals surface area contributed by atoms with Gasteiger partial charge in [-0.3, -0.25) is 0 Å². The van der Waals surface area contributed by atoms with E-state index in [0.29, 0.717) is 0 Å². The standard InChI is InChI=1S/C8H14Cl2O/c9-6-3-1-2-4-8(10)5-7-11/h5,7-8,11H,1-4,6H2. The van der Waals surface area contributed by atoms with Crippen molar-refractivity contribution in [1.29, 1.82) is 0 Å². The number of rotatable bonds is 6. The highest BCUT2D eigenvalue weighted by Gasteiger charge is 1.98. The molecule has 0 radical (unpaired) electrons. The zero-order valence-corrected chi connectivity index (χ0v) is 7.98. The Balaban J connectivity index is 3.10. The summed E-state index contributed by atoms with van der Waals surface area (Å²) in [6.07, 6.45) is 6.74. The average Bonchev–Trinajstić information content (AvgIpc) is 1.99. The van der Waals surface area contributed by atoms with Crippen molar-refractivity contribution in [3.05, 3.63) is 12.3 Å². The van der Waals surface area contributed by atoms with Crippen molar-refractivity contribution < 1.29 is 5.11 Å². The Bertz CT molecular complexity index is 104. The molecule has 1 unspecified atom stereocenters.